The number of methoxy groups -OCH3 is 1. The molecule has 7 nitrogen and oxygen atoms in total. The van der Waals surface area contributed by atoms with Crippen molar-refractivity contribution in [2.75, 3.05) is 53.0 Å². The van der Waals surface area contributed by atoms with Gasteiger partial charge in [0.15, 0.2) is 0 Å². The van der Waals surface area contributed by atoms with E-state index in [0.717, 1.165) is 13.0 Å². The number of nitrogens with one attached hydrogen (secondary N) is 1. The zero-order chi connectivity index (χ0) is 15.0. The van der Waals surface area contributed by atoms with Crippen LogP contribution in [0.15, 0.2) is 0 Å². The van der Waals surface area contributed by atoms with Crippen LogP contribution in [0.5, 0.6) is 0 Å². The fraction of sp³-hybridized carbons (Fsp3) is 0.846. The van der Waals surface area contributed by atoms with Crippen LogP contribution in [-0.4, -0.2) is 79.9 Å². The van der Waals surface area contributed by atoms with E-state index in [-0.39, 0.29) is 18.5 Å². The Morgan fingerprint density at radius 1 is 1.30 bits per heavy atom. The molecule has 1 rings (SSSR count). The van der Waals surface area contributed by atoms with E-state index in [1.54, 1.807) is 12.0 Å². The molecule has 0 aromatic carbocycles. The largest absolute Gasteiger partial charge is 0.480 e. The Morgan fingerprint density at radius 2 is 2.05 bits per heavy atom. The van der Waals surface area contributed by atoms with Gasteiger partial charge in [-0.25, -0.2) is 4.79 Å². The molecule has 1 aliphatic heterocycles. The molecule has 1 saturated heterocycles. The van der Waals surface area contributed by atoms with Gasteiger partial charge in [-0.15, -0.1) is 0 Å². The van der Waals surface area contributed by atoms with E-state index in [9.17, 15) is 9.59 Å². The minimum Gasteiger partial charge on any atom is -0.480 e. The van der Waals surface area contributed by atoms with E-state index in [4.69, 9.17) is 9.84 Å². The first-order chi connectivity index (χ1) is 9.52. The maximum absolute atomic E-state index is 12.0. The van der Waals surface area contributed by atoms with Crippen molar-refractivity contribution in [2.24, 2.45) is 5.92 Å². The van der Waals surface area contributed by atoms with Crippen LogP contribution in [0.3, 0.4) is 0 Å². The van der Waals surface area contributed by atoms with Gasteiger partial charge >= 0.3 is 12.0 Å². The van der Waals surface area contributed by atoms with Crippen molar-refractivity contribution in [3.63, 3.8) is 0 Å². The second-order valence-corrected chi connectivity index (χ2v) is 5.26. The molecule has 0 bridgehead atoms. The summed E-state index contributed by atoms with van der Waals surface area (Å²) in [5.41, 5.74) is 0. The van der Waals surface area contributed by atoms with Gasteiger partial charge in [0.1, 0.15) is 0 Å². The SMILES string of the molecule is COCC(C)CNC(=O)N1CCCN(CC(=O)O)CC1. The lowest BCUT2D eigenvalue weighted by Crippen LogP contribution is -2.44. The van der Waals surface area contributed by atoms with Crippen LogP contribution in [-0.2, 0) is 9.53 Å². The number of nitrogens with zero attached hydrogens (tertiary/aromatic N) is 2. The van der Waals surface area contributed by atoms with Crippen LogP contribution in [0.25, 0.3) is 0 Å². The third-order valence-corrected chi connectivity index (χ3v) is 3.29. The molecule has 1 atom stereocenters. The second kappa shape index (κ2) is 8.76. The van der Waals surface area contributed by atoms with Crippen molar-refractivity contribution in [1.29, 1.82) is 0 Å². The average Bonchev–Trinajstić information content (AvgIpc) is 2.61. The predicted molar refractivity (Wildman–Crippen MR) is 74.7 cm³/mol. The monoisotopic (exact) mass is 287 g/mol. The standard InChI is InChI=1S/C13H25N3O4/c1-11(10-20-2)8-14-13(19)16-5-3-4-15(6-7-16)9-12(17)18/h11H,3-10H2,1-2H3,(H,14,19)(H,17,18). The van der Waals surface area contributed by atoms with Crippen molar-refractivity contribution < 1.29 is 19.4 Å². The highest BCUT2D eigenvalue weighted by molar-refractivity contribution is 5.74. The van der Waals surface area contributed by atoms with E-state index in [2.05, 4.69) is 5.32 Å². The summed E-state index contributed by atoms with van der Waals surface area (Å²) in [6, 6.07) is -0.0786. The zero-order valence-electron chi connectivity index (χ0n) is 12.3. The van der Waals surface area contributed by atoms with Crippen LogP contribution in [0, 0.1) is 5.92 Å². The van der Waals surface area contributed by atoms with Crippen LogP contribution in [0.1, 0.15) is 13.3 Å². The summed E-state index contributed by atoms with van der Waals surface area (Å²) in [5.74, 6) is -0.546. The van der Waals surface area contributed by atoms with Gasteiger partial charge in [0, 0.05) is 39.8 Å². The molecule has 0 aromatic heterocycles. The third-order valence-electron chi connectivity index (χ3n) is 3.29. The Bertz CT molecular complexity index is 325. The summed E-state index contributed by atoms with van der Waals surface area (Å²) in [6.45, 7) is 5.82. The van der Waals surface area contributed by atoms with Crippen LogP contribution in [0.4, 0.5) is 4.79 Å². The molecule has 0 radical (unpaired) electrons. The Kier molecular flexibility index (Phi) is 7.32. The number of aliphatic carboxylic acids is 1. The first-order valence-electron chi connectivity index (χ1n) is 6.98. The van der Waals surface area contributed by atoms with Crippen LogP contribution < -0.4 is 5.32 Å². The molecule has 0 saturated carbocycles. The summed E-state index contributed by atoms with van der Waals surface area (Å²) in [6.07, 6.45) is 0.800. The van der Waals surface area contributed by atoms with Gasteiger partial charge in [-0.05, 0) is 12.3 Å². The number of carbonyl (C=O) groups excluding carboxylic acids is 1. The summed E-state index contributed by atoms with van der Waals surface area (Å²) in [5, 5.41) is 11.7. The number of carbonyl (C=O) groups is 2. The van der Waals surface area contributed by atoms with Crippen molar-refractivity contribution in [3.8, 4) is 0 Å². The summed E-state index contributed by atoms with van der Waals surface area (Å²) < 4.78 is 5.03. The highest BCUT2D eigenvalue weighted by atomic mass is 16.5. The van der Waals surface area contributed by atoms with Gasteiger partial charge in [-0.1, -0.05) is 6.92 Å². The highest BCUT2D eigenvalue weighted by Gasteiger charge is 2.20. The lowest BCUT2D eigenvalue weighted by Gasteiger charge is -2.22. The molecule has 1 unspecified atom stereocenters. The Labute approximate surface area is 119 Å². The molecule has 1 fully saturated rings. The number of hydrogen-bond donors (Lipinski definition) is 2. The van der Waals surface area contributed by atoms with Crippen molar-refractivity contribution in [2.45, 2.75) is 13.3 Å². The molecule has 0 spiro atoms. The number of carboxylic acid groups (broad SMARTS) is 1. The lowest BCUT2D eigenvalue weighted by molar-refractivity contribution is -0.138. The molecule has 1 aliphatic rings. The fourth-order valence-electron chi connectivity index (χ4n) is 2.24. The van der Waals surface area contributed by atoms with Crippen molar-refractivity contribution >= 4 is 12.0 Å². The number of carboxylic acids is 1. The van der Waals surface area contributed by atoms with Crippen molar-refractivity contribution in [1.82, 2.24) is 15.1 Å². The topological polar surface area (TPSA) is 82.1 Å². The third kappa shape index (κ3) is 6.21. The van der Waals surface area contributed by atoms with Gasteiger partial charge in [0.2, 0.25) is 0 Å². The molecule has 20 heavy (non-hydrogen) atoms. The second-order valence-electron chi connectivity index (χ2n) is 5.26. The van der Waals surface area contributed by atoms with Gasteiger partial charge in [-0.3, -0.25) is 9.69 Å². The minimum absolute atomic E-state index is 0.0420. The lowest BCUT2D eigenvalue weighted by atomic mass is 10.2. The molecule has 0 aromatic rings. The maximum Gasteiger partial charge on any atom is 0.317 e. The molecular weight excluding hydrogens is 262 g/mol. The van der Waals surface area contributed by atoms with E-state index in [0.29, 0.717) is 32.8 Å². The smallest absolute Gasteiger partial charge is 0.317 e. The fourth-order valence-corrected chi connectivity index (χ4v) is 2.24. The number of rotatable bonds is 6. The number of amides is 2. The average molecular weight is 287 g/mol. The molecule has 116 valence electrons. The molecule has 2 N–H and O–H groups in total. The Hall–Kier alpha value is -1.34. The molecule has 7 heteroatoms. The highest BCUT2D eigenvalue weighted by Crippen LogP contribution is 2.03. The van der Waals surface area contributed by atoms with E-state index >= 15 is 0 Å². The van der Waals surface area contributed by atoms with Crippen molar-refractivity contribution in [3.05, 3.63) is 0 Å². The van der Waals surface area contributed by atoms with Gasteiger partial charge in [0.05, 0.1) is 13.2 Å². The number of hydrogen-bond acceptors (Lipinski definition) is 4. The molecule has 1 heterocycles. The van der Waals surface area contributed by atoms with Gasteiger partial charge < -0.3 is 20.1 Å². The number of urea groups is 1. The molecule has 0 aliphatic carbocycles. The summed E-state index contributed by atoms with van der Waals surface area (Å²) in [4.78, 5) is 26.3. The minimum atomic E-state index is -0.823. The van der Waals surface area contributed by atoms with E-state index in [1.165, 1.54) is 0 Å². The molecule has 2 amide bonds. The van der Waals surface area contributed by atoms with Crippen LogP contribution in [0.2, 0.25) is 0 Å². The number of ether oxygens (including phenoxy) is 1. The van der Waals surface area contributed by atoms with E-state index < -0.39 is 5.97 Å². The summed E-state index contributed by atoms with van der Waals surface area (Å²) >= 11 is 0. The predicted octanol–water partition coefficient (Wildman–Crippen LogP) is 0.0708. The molecular formula is C13H25N3O4. The Morgan fingerprint density at radius 3 is 2.70 bits per heavy atom. The van der Waals surface area contributed by atoms with E-state index in [1.807, 2.05) is 11.8 Å². The van der Waals surface area contributed by atoms with Gasteiger partial charge in [-0.2, -0.15) is 0 Å². The maximum atomic E-state index is 12.0. The Balaban J connectivity index is 2.32. The quantitative estimate of drug-likeness (QED) is 0.722. The normalized spacial score (nSPS) is 18.4. The summed E-state index contributed by atoms with van der Waals surface area (Å²) in [7, 11) is 1.64. The zero-order valence-corrected chi connectivity index (χ0v) is 12.3. The first-order valence-corrected chi connectivity index (χ1v) is 6.98. The first kappa shape index (κ1) is 16.7. The van der Waals surface area contributed by atoms with Crippen LogP contribution >= 0.6 is 0 Å². The van der Waals surface area contributed by atoms with Gasteiger partial charge in [0.25, 0.3) is 0 Å².